The van der Waals surface area contributed by atoms with E-state index in [1.54, 1.807) is 18.2 Å². The highest BCUT2D eigenvalue weighted by Crippen LogP contribution is 2.52. The number of carbonyl (C=O) groups is 4. The van der Waals surface area contributed by atoms with Gasteiger partial charge in [0.05, 0.1) is 17.9 Å². The number of sulfone groups is 1. The normalized spacial score (nSPS) is 24.7. The molecule has 5 rings (SSSR count). The van der Waals surface area contributed by atoms with E-state index in [9.17, 15) is 27.6 Å². The second-order valence-electron chi connectivity index (χ2n) is 9.68. The molecule has 0 saturated carbocycles. The molecule has 0 aliphatic carbocycles. The average Bonchev–Trinajstić information content (AvgIpc) is 3.02. The van der Waals surface area contributed by atoms with E-state index in [1.807, 2.05) is 0 Å². The van der Waals surface area contributed by atoms with Crippen LogP contribution in [0.1, 0.15) is 31.7 Å². The van der Waals surface area contributed by atoms with E-state index in [0.29, 0.717) is 47.2 Å². The molecule has 3 fully saturated rings. The summed E-state index contributed by atoms with van der Waals surface area (Å²) in [5.41, 5.74) is 0.685. The molecule has 2 aromatic carbocycles. The van der Waals surface area contributed by atoms with Crippen LogP contribution >= 0.6 is 23.2 Å². The number of Topliss-reactive ketones (excluding diaryl/α,β-unsaturated/α-hetero) is 2. The van der Waals surface area contributed by atoms with Crippen LogP contribution < -0.4 is 10.1 Å². The molecule has 3 saturated heterocycles. The molecule has 2 aromatic rings. The van der Waals surface area contributed by atoms with Gasteiger partial charge in [0, 0.05) is 48.3 Å². The fourth-order valence-corrected chi connectivity index (χ4v) is 7.97. The molecule has 0 radical (unpaired) electrons. The third kappa shape index (κ3) is 5.17. The summed E-state index contributed by atoms with van der Waals surface area (Å²) in [6.07, 6.45) is 1.52. The Labute approximate surface area is 236 Å². The lowest BCUT2D eigenvalue weighted by Gasteiger charge is -2.49. The van der Waals surface area contributed by atoms with Gasteiger partial charge in [-0.25, -0.2) is 8.42 Å². The van der Waals surface area contributed by atoms with Crippen LogP contribution in [-0.4, -0.2) is 61.8 Å². The number of hydrogen-bond acceptors (Lipinski definition) is 7. The number of carbonyl (C=O) groups excluding carboxylic acids is 4. The molecular formula is C27H28Cl2N2O7S. The Hall–Kier alpha value is -2.95. The number of benzene rings is 2. The second kappa shape index (κ2) is 11.3. The van der Waals surface area contributed by atoms with Gasteiger partial charge in [0.25, 0.3) is 0 Å². The van der Waals surface area contributed by atoms with Crippen molar-refractivity contribution in [3.8, 4) is 5.75 Å². The van der Waals surface area contributed by atoms with E-state index in [4.69, 9.17) is 27.9 Å². The predicted molar refractivity (Wildman–Crippen MR) is 144 cm³/mol. The first-order valence-corrected chi connectivity index (χ1v) is 14.6. The van der Waals surface area contributed by atoms with Gasteiger partial charge >= 0.3 is 0 Å². The summed E-state index contributed by atoms with van der Waals surface area (Å²) in [6, 6.07) is 10.7. The minimum atomic E-state index is -4.16. The number of rotatable bonds is 5. The molecule has 3 atom stereocenters. The molecule has 3 aliphatic heterocycles. The lowest BCUT2D eigenvalue weighted by atomic mass is 9.85. The first-order valence-electron chi connectivity index (χ1n) is 12.4. The smallest absolute Gasteiger partial charge is 0.231 e. The van der Waals surface area contributed by atoms with Crippen molar-refractivity contribution in [2.75, 3.05) is 20.2 Å². The van der Waals surface area contributed by atoms with Crippen LogP contribution in [0.15, 0.2) is 47.4 Å². The maximum Gasteiger partial charge on any atom is 0.231 e. The first kappa shape index (κ1) is 29.0. The van der Waals surface area contributed by atoms with Crippen molar-refractivity contribution in [2.24, 2.45) is 11.8 Å². The van der Waals surface area contributed by atoms with E-state index in [-0.39, 0.29) is 35.5 Å². The van der Waals surface area contributed by atoms with Crippen molar-refractivity contribution in [1.82, 2.24) is 10.2 Å². The maximum absolute atomic E-state index is 13.6. The van der Waals surface area contributed by atoms with Crippen LogP contribution in [0.25, 0.3) is 0 Å². The van der Waals surface area contributed by atoms with Crippen LogP contribution in [0.3, 0.4) is 0 Å². The Morgan fingerprint density at radius 3 is 2.33 bits per heavy atom. The highest BCUT2D eigenvalue weighted by Gasteiger charge is 2.75. The number of amides is 2. The number of ether oxygens (including phenoxy) is 1. The van der Waals surface area contributed by atoms with E-state index in [2.05, 4.69) is 5.32 Å². The highest BCUT2D eigenvalue weighted by molar-refractivity contribution is 7.93. The molecule has 3 heterocycles. The third-order valence-electron chi connectivity index (χ3n) is 7.35. The topological polar surface area (TPSA) is 127 Å². The summed E-state index contributed by atoms with van der Waals surface area (Å²) in [5.74, 6) is -1.73. The van der Waals surface area contributed by atoms with Gasteiger partial charge in [-0.05, 0) is 61.4 Å². The minimum Gasteiger partial charge on any atom is -0.496 e. The Kier molecular flexibility index (Phi) is 8.39. The Bertz CT molecular complexity index is 1410. The van der Waals surface area contributed by atoms with Crippen molar-refractivity contribution in [2.45, 2.75) is 42.4 Å². The Morgan fingerprint density at radius 1 is 1.00 bits per heavy atom. The maximum atomic E-state index is 13.6. The number of hydrogen-bond donors (Lipinski definition) is 1. The molecule has 208 valence electrons. The standard InChI is InChI=1S/C21H19Cl2NO5S.C6H9NO2/c1-12-20(26)24-11-14(9-13-10-16(23)5-8-18(13)29-2)19(25)21(12,24)30(27,28)17-6-3-15(22)4-7-17;8-5-1-2-6(9)7-4-3-5/h3-8,10,12,14H,9,11H2,1-2H3;1-4H2,(H,7,9)/t12-,14-,21?;/m1./s1. The molecular weight excluding hydrogens is 567 g/mol. The second-order valence-corrected chi connectivity index (χ2v) is 12.7. The van der Waals surface area contributed by atoms with Crippen LogP contribution in [0, 0.1) is 11.8 Å². The minimum absolute atomic E-state index is 0.000787. The predicted octanol–water partition coefficient (Wildman–Crippen LogP) is 3.25. The zero-order chi connectivity index (χ0) is 28.5. The van der Waals surface area contributed by atoms with E-state index in [0.717, 1.165) is 0 Å². The van der Waals surface area contributed by atoms with E-state index in [1.165, 1.54) is 43.2 Å². The lowest BCUT2D eigenvalue weighted by Crippen LogP contribution is -2.73. The van der Waals surface area contributed by atoms with Gasteiger partial charge < -0.3 is 15.0 Å². The van der Waals surface area contributed by atoms with Gasteiger partial charge in [-0.15, -0.1) is 0 Å². The molecule has 3 aliphatic rings. The van der Waals surface area contributed by atoms with Crippen molar-refractivity contribution in [3.63, 3.8) is 0 Å². The largest absolute Gasteiger partial charge is 0.496 e. The summed E-state index contributed by atoms with van der Waals surface area (Å²) in [5, 5.41) is 3.47. The van der Waals surface area contributed by atoms with Crippen molar-refractivity contribution < 1.29 is 32.3 Å². The van der Waals surface area contributed by atoms with Gasteiger partial charge in [-0.2, -0.15) is 0 Å². The molecule has 9 nitrogen and oxygen atoms in total. The lowest BCUT2D eigenvalue weighted by molar-refractivity contribution is -0.159. The van der Waals surface area contributed by atoms with Gasteiger partial charge in [-0.1, -0.05) is 23.2 Å². The van der Waals surface area contributed by atoms with Gasteiger partial charge in [0.1, 0.15) is 11.5 Å². The summed E-state index contributed by atoms with van der Waals surface area (Å²) in [7, 11) is -2.65. The number of nitrogens with zero attached hydrogens (tertiary/aromatic N) is 1. The van der Waals surface area contributed by atoms with Crippen LogP contribution in [0.4, 0.5) is 0 Å². The van der Waals surface area contributed by atoms with Crippen molar-refractivity contribution in [3.05, 3.63) is 58.1 Å². The van der Waals surface area contributed by atoms with E-state index < -0.39 is 32.3 Å². The first-order chi connectivity index (χ1) is 18.4. The average molecular weight is 596 g/mol. The molecule has 0 aromatic heterocycles. The fraction of sp³-hybridized carbons (Fsp3) is 0.407. The van der Waals surface area contributed by atoms with Gasteiger partial charge in [-0.3, -0.25) is 19.2 Å². The number of nitrogens with one attached hydrogen (secondary N) is 1. The van der Waals surface area contributed by atoms with Crippen molar-refractivity contribution >= 4 is 56.4 Å². The SMILES string of the molecule is COc1ccc(Cl)cc1C[C@@H]1CN2C(=O)[C@@H](C)C2(S(=O)(=O)c2ccc(Cl)cc2)C1=O.O=C1CCNC(=O)CC1. The highest BCUT2D eigenvalue weighted by atomic mass is 35.5. The summed E-state index contributed by atoms with van der Waals surface area (Å²) < 4.78 is 32.5. The molecule has 1 N–H and O–H groups in total. The zero-order valence-electron chi connectivity index (χ0n) is 21.4. The molecule has 2 amide bonds. The molecule has 39 heavy (non-hydrogen) atoms. The zero-order valence-corrected chi connectivity index (χ0v) is 23.7. The number of halogens is 2. The number of ketones is 2. The summed E-state index contributed by atoms with van der Waals surface area (Å²) in [6.45, 7) is 2.05. The summed E-state index contributed by atoms with van der Waals surface area (Å²) in [4.78, 5) is 46.6. The van der Waals surface area contributed by atoms with Crippen molar-refractivity contribution in [1.29, 1.82) is 0 Å². The Morgan fingerprint density at radius 2 is 1.67 bits per heavy atom. The van der Waals surface area contributed by atoms with Crippen LogP contribution in [-0.2, 0) is 35.4 Å². The van der Waals surface area contributed by atoms with Gasteiger partial charge in [0.2, 0.25) is 26.5 Å². The molecule has 0 bridgehead atoms. The molecule has 1 unspecified atom stereocenters. The monoisotopic (exact) mass is 594 g/mol. The quantitative estimate of drug-likeness (QED) is 0.526. The van der Waals surface area contributed by atoms with Crippen LogP contribution in [0.5, 0.6) is 5.75 Å². The molecule has 0 spiro atoms. The summed E-state index contributed by atoms with van der Waals surface area (Å²) >= 11 is 12.0. The Balaban J connectivity index is 0.000000333. The van der Waals surface area contributed by atoms with Gasteiger partial charge in [0.15, 0.2) is 5.78 Å². The number of β-lactam (4-membered cyclic amide) rings is 1. The number of methoxy groups -OCH3 is 1. The number of fused-ring (bicyclic) bond motifs is 1. The molecule has 12 heteroatoms. The van der Waals surface area contributed by atoms with E-state index >= 15 is 0 Å². The fourth-order valence-electron chi connectivity index (χ4n) is 5.34. The third-order valence-corrected chi connectivity index (χ3v) is 10.3. The van der Waals surface area contributed by atoms with Crippen LogP contribution in [0.2, 0.25) is 10.0 Å².